The molecule has 208 valence electrons. The molecule has 1 aromatic heterocycles. The van der Waals surface area contributed by atoms with Crippen molar-refractivity contribution in [3.05, 3.63) is 157 Å². The zero-order valence-corrected chi connectivity index (χ0v) is 24.5. The molecule has 0 aliphatic rings. The molecule has 8 aromatic rings. The first-order valence-electron chi connectivity index (χ1n) is 15.1. The minimum Gasteiger partial charge on any atom is -0.456 e. The molecule has 1 heterocycles. The average Bonchev–Trinajstić information content (AvgIpc) is 3.44. The van der Waals surface area contributed by atoms with Crippen LogP contribution < -0.4 is 0 Å². The Hall–Kier alpha value is -5.66. The predicted molar refractivity (Wildman–Crippen MR) is 190 cm³/mol. The van der Waals surface area contributed by atoms with E-state index in [-0.39, 0.29) is 0 Å². The third kappa shape index (κ3) is 4.09. The van der Waals surface area contributed by atoms with Gasteiger partial charge in [0.25, 0.3) is 0 Å². The van der Waals surface area contributed by atoms with Crippen LogP contribution in [0.3, 0.4) is 0 Å². The van der Waals surface area contributed by atoms with Crippen molar-refractivity contribution >= 4 is 55.4 Å². The van der Waals surface area contributed by atoms with Crippen LogP contribution >= 0.6 is 0 Å². The topological polar surface area (TPSA) is 13.1 Å². The molecule has 0 amide bonds. The van der Waals surface area contributed by atoms with E-state index in [1.54, 1.807) is 6.08 Å². The highest BCUT2D eigenvalue weighted by atomic mass is 16.3. The van der Waals surface area contributed by atoms with Crippen molar-refractivity contribution in [3.63, 3.8) is 0 Å². The van der Waals surface area contributed by atoms with Crippen molar-refractivity contribution in [1.82, 2.24) is 0 Å². The Labute approximate surface area is 257 Å². The summed E-state index contributed by atoms with van der Waals surface area (Å²) < 4.78 is 6.31. The second-order valence-corrected chi connectivity index (χ2v) is 11.2. The highest BCUT2D eigenvalue weighted by Gasteiger charge is 2.19. The molecular formula is C43H30O. The van der Waals surface area contributed by atoms with Gasteiger partial charge in [-0.1, -0.05) is 134 Å². The molecule has 0 aliphatic carbocycles. The lowest BCUT2D eigenvalue weighted by Gasteiger charge is -2.19. The van der Waals surface area contributed by atoms with Gasteiger partial charge in [-0.15, -0.1) is 0 Å². The number of hydrogen-bond acceptors (Lipinski definition) is 1. The van der Waals surface area contributed by atoms with Crippen LogP contribution in [-0.2, 0) is 0 Å². The van der Waals surface area contributed by atoms with Gasteiger partial charge in [-0.05, 0) is 96.9 Å². The van der Waals surface area contributed by atoms with Crippen LogP contribution in [0.1, 0.15) is 18.2 Å². The molecule has 0 radical (unpaired) electrons. The van der Waals surface area contributed by atoms with E-state index < -0.39 is 0 Å². The van der Waals surface area contributed by atoms with E-state index >= 15 is 0 Å². The molecule has 1 nitrogen and oxygen atoms in total. The molecule has 0 spiro atoms. The van der Waals surface area contributed by atoms with Gasteiger partial charge in [0.05, 0.1) is 0 Å². The van der Waals surface area contributed by atoms with Gasteiger partial charge < -0.3 is 4.42 Å². The Morgan fingerprint density at radius 2 is 1.18 bits per heavy atom. The predicted octanol–water partition coefficient (Wildman–Crippen LogP) is 12.6. The third-order valence-electron chi connectivity index (χ3n) is 8.75. The molecule has 0 bridgehead atoms. The van der Waals surface area contributed by atoms with Crippen LogP contribution in [0, 0.1) is 0 Å². The molecule has 0 unspecified atom stereocenters. The van der Waals surface area contributed by atoms with E-state index in [0.29, 0.717) is 0 Å². The Morgan fingerprint density at radius 3 is 1.86 bits per heavy atom. The highest BCUT2D eigenvalue weighted by molar-refractivity contribution is 6.24. The van der Waals surface area contributed by atoms with E-state index in [4.69, 9.17) is 4.42 Å². The standard InChI is InChI=1S/C43H30O/c1-3-13-32-33-25-24-31(27-41(33)44-40(32)4-2)42-34-17-8-10-19-36(34)43(37-20-11-9-18-35(37)42)38-21-12-16-29-22-23-30(26-39(29)38)28-14-6-5-7-15-28/h3-27H,2H2,1H3/b13-3-. The molecule has 0 fully saturated rings. The fourth-order valence-corrected chi connectivity index (χ4v) is 6.81. The van der Waals surface area contributed by atoms with E-state index in [2.05, 4.69) is 146 Å². The van der Waals surface area contributed by atoms with Crippen molar-refractivity contribution < 1.29 is 4.42 Å². The van der Waals surface area contributed by atoms with Crippen LogP contribution in [0.4, 0.5) is 0 Å². The Morgan fingerprint density at radius 1 is 0.523 bits per heavy atom. The second kappa shape index (κ2) is 10.6. The van der Waals surface area contributed by atoms with Crippen LogP contribution in [-0.4, -0.2) is 0 Å². The highest BCUT2D eigenvalue weighted by Crippen LogP contribution is 2.46. The summed E-state index contributed by atoms with van der Waals surface area (Å²) in [5.74, 6) is 0.797. The summed E-state index contributed by atoms with van der Waals surface area (Å²) >= 11 is 0. The van der Waals surface area contributed by atoms with Crippen molar-refractivity contribution in [2.24, 2.45) is 0 Å². The molecule has 0 atom stereocenters. The maximum atomic E-state index is 6.31. The van der Waals surface area contributed by atoms with Gasteiger partial charge in [0.2, 0.25) is 0 Å². The number of fused-ring (bicyclic) bond motifs is 4. The van der Waals surface area contributed by atoms with Crippen molar-refractivity contribution in [2.75, 3.05) is 0 Å². The van der Waals surface area contributed by atoms with E-state index in [0.717, 1.165) is 27.9 Å². The molecular weight excluding hydrogens is 532 g/mol. The van der Waals surface area contributed by atoms with Gasteiger partial charge in [0.15, 0.2) is 0 Å². The largest absolute Gasteiger partial charge is 0.456 e. The summed E-state index contributed by atoms with van der Waals surface area (Å²) in [6.45, 7) is 6.01. The third-order valence-corrected chi connectivity index (χ3v) is 8.75. The molecule has 1 heteroatoms. The SMILES string of the molecule is C=Cc1oc2cc(-c3c4ccccc4c(-c4cccc5ccc(-c6ccccc6)cc45)c4ccccc34)ccc2c1/C=C\C. The smallest absolute Gasteiger partial charge is 0.136 e. The fraction of sp³-hybridized carbons (Fsp3) is 0.0233. The van der Waals surface area contributed by atoms with Gasteiger partial charge in [0.1, 0.15) is 11.3 Å². The lowest BCUT2D eigenvalue weighted by Crippen LogP contribution is -1.92. The Bertz CT molecular complexity index is 2350. The second-order valence-electron chi connectivity index (χ2n) is 11.2. The number of benzene rings is 7. The van der Waals surface area contributed by atoms with Crippen LogP contribution in [0.25, 0.3) is 88.8 Å². The lowest BCUT2D eigenvalue weighted by molar-refractivity contribution is 0.603. The quantitative estimate of drug-likeness (QED) is 0.190. The monoisotopic (exact) mass is 562 g/mol. The van der Waals surface area contributed by atoms with Gasteiger partial charge >= 0.3 is 0 Å². The first-order valence-corrected chi connectivity index (χ1v) is 15.1. The first-order chi connectivity index (χ1) is 21.7. The number of hydrogen-bond donors (Lipinski definition) is 0. The molecule has 8 rings (SSSR count). The van der Waals surface area contributed by atoms with E-state index in [1.807, 2.05) is 13.0 Å². The number of rotatable bonds is 5. The summed E-state index contributed by atoms with van der Waals surface area (Å²) in [5, 5.41) is 8.50. The Kier molecular flexibility index (Phi) is 6.24. The molecule has 0 aliphatic heterocycles. The summed E-state index contributed by atoms with van der Waals surface area (Å²) in [7, 11) is 0. The van der Waals surface area contributed by atoms with Crippen LogP contribution in [0.2, 0.25) is 0 Å². The molecule has 44 heavy (non-hydrogen) atoms. The minimum absolute atomic E-state index is 0.797. The zero-order chi connectivity index (χ0) is 29.6. The molecule has 0 saturated heterocycles. The van der Waals surface area contributed by atoms with Crippen molar-refractivity contribution in [3.8, 4) is 33.4 Å². The zero-order valence-electron chi connectivity index (χ0n) is 24.5. The van der Waals surface area contributed by atoms with Crippen molar-refractivity contribution in [1.29, 1.82) is 0 Å². The van der Waals surface area contributed by atoms with Crippen LogP contribution in [0.5, 0.6) is 0 Å². The van der Waals surface area contributed by atoms with Gasteiger partial charge in [-0.2, -0.15) is 0 Å². The maximum Gasteiger partial charge on any atom is 0.136 e. The van der Waals surface area contributed by atoms with E-state index in [9.17, 15) is 0 Å². The van der Waals surface area contributed by atoms with Crippen LogP contribution in [0.15, 0.2) is 151 Å². The molecule has 0 N–H and O–H groups in total. The minimum atomic E-state index is 0.797. The summed E-state index contributed by atoms with van der Waals surface area (Å²) in [5.41, 5.74) is 9.24. The maximum absolute atomic E-state index is 6.31. The summed E-state index contributed by atoms with van der Waals surface area (Å²) in [6.07, 6.45) is 5.93. The first kappa shape index (κ1) is 26.0. The number of furan rings is 1. The summed E-state index contributed by atoms with van der Waals surface area (Å²) in [4.78, 5) is 0. The molecule has 7 aromatic carbocycles. The Balaban J connectivity index is 1.44. The number of allylic oxidation sites excluding steroid dienone is 1. The normalized spacial score (nSPS) is 11.8. The van der Waals surface area contributed by atoms with Gasteiger partial charge in [-0.3, -0.25) is 0 Å². The average molecular weight is 563 g/mol. The lowest BCUT2D eigenvalue weighted by atomic mass is 9.84. The molecule has 0 saturated carbocycles. The van der Waals surface area contributed by atoms with Crippen molar-refractivity contribution in [2.45, 2.75) is 6.92 Å². The van der Waals surface area contributed by atoms with Gasteiger partial charge in [0, 0.05) is 10.9 Å². The summed E-state index contributed by atoms with van der Waals surface area (Å²) in [6, 6.07) is 48.4. The fourth-order valence-electron chi connectivity index (χ4n) is 6.81. The van der Waals surface area contributed by atoms with Gasteiger partial charge in [-0.25, -0.2) is 0 Å². The van der Waals surface area contributed by atoms with E-state index in [1.165, 1.54) is 60.1 Å².